The van der Waals surface area contributed by atoms with Gasteiger partial charge in [0.05, 0.1) is 16.7 Å². The lowest BCUT2D eigenvalue weighted by Crippen LogP contribution is -2.04. The Morgan fingerprint density at radius 3 is 3.00 bits per heavy atom. The van der Waals surface area contributed by atoms with Crippen LogP contribution in [-0.2, 0) is 6.54 Å². The summed E-state index contributed by atoms with van der Waals surface area (Å²) in [6.07, 6.45) is 3.22. The van der Waals surface area contributed by atoms with E-state index in [-0.39, 0.29) is 0 Å². The Bertz CT molecular complexity index is 487. The average Bonchev–Trinajstić information content (AvgIpc) is 2.28. The van der Waals surface area contributed by atoms with Crippen molar-refractivity contribution in [3.63, 3.8) is 0 Å². The third kappa shape index (κ3) is 2.76. The minimum absolute atomic E-state index is 0.650. The number of nitrogens with one attached hydrogen (secondary N) is 1. The van der Waals surface area contributed by atoms with Gasteiger partial charge in [-0.1, -0.05) is 6.07 Å². The van der Waals surface area contributed by atoms with Gasteiger partial charge < -0.3 is 5.32 Å². The van der Waals surface area contributed by atoms with Crippen molar-refractivity contribution in [3.8, 4) is 0 Å². The molecule has 0 amide bonds. The van der Waals surface area contributed by atoms with Gasteiger partial charge in [-0.2, -0.15) is 0 Å². The SMILES string of the molecule is Cc1cccc(CNc2ncncc2Br)n1. The first-order chi connectivity index (χ1) is 7.75. The molecule has 2 aromatic rings. The summed E-state index contributed by atoms with van der Waals surface area (Å²) in [5.41, 5.74) is 2.01. The fraction of sp³-hybridized carbons (Fsp3) is 0.182. The molecule has 0 aromatic carbocycles. The molecule has 5 heteroatoms. The van der Waals surface area contributed by atoms with Crippen LogP contribution in [0.1, 0.15) is 11.4 Å². The van der Waals surface area contributed by atoms with Crippen LogP contribution in [0.3, 0.4) is 0 Å². The van der Waals surface area contributed by atoms with Crippen molar-refractivity contribution in [3.05, 3.63) is 46.6 Å². The number of aryl methyl sites for hydroxylation is 1. The summed E-state index contributed by atoms with van der Waals surface area (Å²) >= 11 is 3.38. The number of aromatic nitrogens is 3. The van der Waals surface area contributed by atoms with E-state index in [2.05, 4.69) is 36.2 Å². The maximum Gasteiger partial charge on any atom is 0.144 e. The molecule has 16 heavy (non-hydrogen) atoms. The van der Waals surface area contributed by atoms with Crippen LogP contribution in [0.25, 0.3) is 0 Å². The zero-order valence-electron chi connectivity index (χ0n) is 8.81. The number of hydrogen-bond donors (Lipinski definition) is 1. The Kier molecular flexibility index (Phi) is 3.46. The second kappa shape index (κ2) is 5.03. The van der Waals surface area contributed by atoms with Gasteiger partial charge in [0.2, 0.25) is 0 Å². The number of anilines is 1. The van der Waals surface area contributed by atoms with Crippen molar-refractivity contribution in [2.75, 3.05) is 5.32 Å². The number of nitrogens with zero attached hydrogens (tertiary/aromatic N) is 3. The summed E-state index contributed by atoms with van der Waals surface area (Å²) in [5, 5.41) is 3.20. The van der Waals surface area contributed by atoms with Gasteiger partial charge >= 0.3 is 0 Å². The van der Waals surface area contributed by atoms with Gasteiger partial charge in [0.25, 0.3) is 0 Å². The van der Waals surface area contributed by atoms with E-state index in [0.29, 0.717) is 6.54 Å². The Morgan fingerprint density at radius 2 is 2.25 bits per heavy atom. The highest BCUT2D eigenvalue weighted by Crippen LogP contribution is 2.17. The summed E-state index contributed by atoms with van der Waals surface area (Å²) in [6, 6.07) is 5.95. The van der Waals surface area contributed by atoms with Crippen LogP contribution in [0.15, 0.2) is 35.2 Å². The number of pyridine rings is 1. The fourth-order valence-corrected chi connectivity index (χ4v) is 1.68. The molecule has 2 aromatic heterocycles. The molecule has 0 unspecified atom stereocenters. The first-order valence-electron chi connectivity index (χ1n) is 4.87. The van der Waals surface area contributed by atoms with E-state index in [0.717, 1.165) is 21.7 Å². The van der Waals surface area contributed by atoms with Crippen LogP contribution in [0, 0.1) is 6.92 Å². The van der Waals surface area contributed by atoms with Crippen molar-refractivity contribution >= 4 is 21.7 Å². The summed E-state index contributed by atoms with van der Waals surface area (Å²) in [5.74, 6) is 0.776. The number of halogens is 1. The lowest BCUT2D eigenvalue weighted by molar-refractivity contribution is 0.994. The van der Waals surface area contributed by atoms with Crippen molar-refractivity contribution < 1.29 is 0 Å². The molecular formula is C11H11BrN4. The average molecular weight is 279 g/mol. The van der Waals surface area contributed by atoms with Gasteiger partial charge in [-0.05, 0) is 35.0 Å². The monoisotopic (exact) mass is 278 g/mol. The summed E-state index contributed by atoms with van der Waals surface area (Å²) in [4.78, 5) is 12.4. The maximum absolute atomic E-state index is 4.40. The smallest absolute Gasteiger partial charge is 0.144 e. The van der Waals surface area contributed by atoms with E-state index in [1.165, 1.54) is 6.33 Å². The second-order valence-corrected chi connectivity index (χ2v) is 4.20. The van der Waals surface area contributed by atoms with E-state index in [4.69, 9.17) is 0 Å². The highest BCUT2D eigenvalue weighted by molar-refractivity contribution is 9.10. The molecule has 0 aliphatic rings. The number of hydrogen-bond acceptors (Lipinski definition) is 4. The van der Waals surface area contributed by atoms with Crippen LogP contribution >= 0.6 is 15.9 Å². The molecule has 0 aliphatic heterocycles. The molecule has 0 saturated heterocycles. The highest BCUT2D eigenvalue weighted by Gasteiger charge is 2.00. The van der Waals surface area contributed by atoms with Gasteiger partial charge in [0.15, 0.2) is 0 Å². The van der Waals surface area contributed by atoms with Crippen molar-refractivity contribution in [2.24, 2.45) is 0 Å². The van der Waals surface area contributed by atoms with E-state index in [1.54, 1.807) is 6.20 Å². The molecule has 82 valence electrons. The lowest BCUT2D eigenvalue weighted by Gasteiger charge is -2.06. The van der Waals surface area contributed by atoms with E-state index in [1.807, 2.05) is 25.1 Å². The standard InChI is InChI=1S/C11H11BrN4/c1-8-3-2-4-9(16-8)5-14-11-10(12)6-13-7-15-11/h2-4,6-7H,5H2,1H3,(H,13,14,15). The Labute approximate surface area is 102 Å². The molecule has 4 nitrogen and oxygen atoms in total. The third-order valence-electron chi connectivity index (χ3n) is 2.05. The van der Waals surface area contributed by atoms with Gasteiger partial charge in [-0.15, -0.1) is 0 Å². The molecule has 1 N–H and O–H groups in total. The normalized spacial score (nSPS) is 10.1. The van der Waals surface area contributed by atoms with Gasteiger partial charge in [-0.3, -0.25) is 4.98 Å². The summed E-state index contributed by atoms with van der Waals surface area (Å²) in [7, 11) is 0. The lowest BCUT2D eigenvalue weighted by atomic mass is 10.3. The zero-order valence-corrected chi connectivity index (χ0v) is 10.4. The van der Waals surface area contributed by atoms with E-state index >= 15 is 0 Å². The van der Waals surface area contributed by atoms with E-state index < -0.39 is 0 Å². The molecule has 2 heterocycles. The topological polar surface area (TPSA) is 50.7 Å². The number of rotatable bonds is 3. The molecule has 0 radical (unpaired) electrons. The van der Waals surface area contributed by atoms with Crippen LogP contribution in [0.2, 0.25) is 0 Å². The Hall–Kier alpha value is -1.49. The molecule has 0 spiro atoms. The maximum atomic E-state index is 4.40. The summed E-state index contributed by atoms with van der Waals surface area (Å²) < 4.78 is 0.850. The summed E-state index contributed by atoms with van der Waals surface area (Å²) in [6.45, 7) is 2.63. The first kappa shape index (κ1) is 11.0. The predicted molar refractivity (Wildman–Crippen MR) is 66.0 cm³/mol. The predicted octanol–water partition coefficient (Wildman–Crippen LogP) is 2.55. The van der Waals surface area contributed by atoms with Crippen molar-refractivity contribution in [2.45, 2.75) is 13.5 Å². The molecule has 2 rings (SSSR count). The third-order valence-corrected chi connectivity index (χ3v) is 2.63. The van der Waals surface area contributed by atoms with Crippen molar-refractivity contribution in [1.29, 1.82) is 0 Å². The fourth-order valence-electron chi connectivity index (χ4n) is 1.31. The van der Waals surface area contributed by atoms with Crippen LogP contribution < -0.4 is 5.32 Å². The molecular weight excluding hydrogens is 268 g/mol. The minimum atomic E-state index is 0.650. The second-order valence-electron chi connectivity index (χ2n) is 3.34. The molecule has 0 saturated carbocycles. The van der Waals surface area contributed by atoms with Crippen LogP contribution in [-0.4, -0.2) is 15.0 Å². The van der Waals surface area contributed by atoms with Gasteiger partial charge in [0.1, 0.15) is 12.1 Å². The molecule has 0 fully saturated rings. The van der Waals surface area contributed by atoms with Crippen LogP contribution in [0.4, 0.5) is 5.82 Å². The van der Waals surface area contributed by atoms with Gasteiger partial charge in [0, 0.05) is 11.9 Å². The molecule has 0 atom stereocenters. The quantitative estimate of drug-likeness (QED) is 0.938. The largest absolute Gasteiger partial charge is 0.363 e. The van der Waals surface area contributed by atoms with Crippen molar-refractivity contribution in [1.82, 2.24) is 15.0 Å². The Morgan fingerprint density at radius 1 is 1.38 bits per heavy atom. The molecule has 0 bridgehead atoms. The van der Waals surface area contributed by atoms with Gasteiger partial charge in [-0.25, -0.2) is 9.97 Å². The Balaban J connectivity index is 2.05. The van der Waals surface area contributed by atoms with E-state index in [9.17, 15) is 0 Å². The van der Waals surface area contributed by atoms with Crippen LogP contribution in [0.5, 0.6) is 0 Å². The first-order valence-corrected chi connectivity index (χ1v) is 5.67. The highest BCUT2D eigenvalue weighted by atomic mass is 79.9. The minimum Gasteiger partial charge on any atom is -0.363 e. The zero-order chi connectivity index (χ0) is 11.4. The molecule has 0 aliphatic carbocycles.